The zero-order chi connectivity index (χ0) is 13.8. The Kier molecular flexibility index (Phi) is 4.56. The Balaban J connectivity index is 2.10. The van der Waals surface area contributed by atoms with Gasteiger partial charge in [0.2, 0.25) is 5.91 Å². The van der Waals surface area contributed by atoms with Crippen LogP contribution in [0.4, 0.5) is 5.69 Å². The first-order chi connectivity index (χ1) is 9.09. The van der Waals surface area contributed by atoms with E-state index in [2.05, 4.69) is 17.6 Å². The molecular weight excluding hydrogens is 240 g/mol. The zero-order valence-electron chi connectivity index (χ0n) is 11.5. The molecule has 3 atom stereocenters. The fourth-order valence-corrected chi connectivity index (χ4v) is 2.59. The van der Waals surface area contributed by atoms with E-state index in [0.717, 1.165) is 24.9 Å². The first-order valence-electron chi connectivity index (χ1n) is 6.91. The zero-order valence-corrected chi connectivity index (χ0v) is 11.5. The minimum atomic E-state index is -0.590. The highest BCUT2D eigenvalue weighted by Crippen LogP contribution is 2.23. The van der Waals surface area contributed by atoms with E-state index in [4.69, 9.17) is 0 Å². The van der Waals surface area contributed by atoms with E-state index < -0.39 is 6.10 Å². The topological polar surface area (TPSA) is 61.4 Å². The van der Waals surface area contributed by atoms with E-state index >= 15 is 0 Å². The molecule has 1 aromatic carbocycles. The molecule has 4 heteroatoms. The van der Waals surface area contributed by atoms with Crippen LogP contribution in [-0.4, -0.2) is 23.6 Å². The molecule has 0 aromatic heterocycles. The highest BCUT2D eigenvalue weighted by molar-refractivity contribution is 5.95. The number of amides is 1. The van der Waals surface area contributed by atoms with Crippen LogP contribution in [-0.2, 0) is 4.79 Å². The molecular formula is C15H22N2O2. The molecule has 0 spiro atoms. The number of carbonyl (C=O) groups is 1. The molecule has 0 bridgehead atoms. The highest BCUT2D eigenvalue weighted by Gasteiger charge is 2.27. The molecule has 0 saturated carbocycles. The second-order valence-electron chi connectivity index (χ2n) is 5.30. The third-order valence-electron chi connectivity index (χ3n) is 3.72. The molecule has 19 heavy (non-hydrogen) atoms. The van der Waals surface area contributed by atoms with Crippen LogP contribution in [0.5, 0.6) is 0 Å². The first kappa shape index (κ1) is 14.0. The lowest BCUT2D eigenvalue weighted by Gasteiger charge is -2.29. The second-order valence-corrected chi connectivity index (χ2v) is 5.30. The van der Waals surface area contributed by atoms with Gasteiger partial charge in [-0.3, -0.25) is 4.79 Å². The highest BCUT2D eigenvalue weighted by atomic mass is 16.3. The van der Waals surface area contributed by atoms with Gasteiger partial charge in [-0.05, 0) is 38.3 Å². The lowest BCUT2D eigenvalue weighted by molar-refractivity contribution is -0.119. The summed E-state index contributed by atoms with van der Waals surface area (Å²) in [6.07, 6.45) is 1.60. The number of anilines is 1. The number of aliphatic hydroxyl groups is 1. The van der Waals surface area contributed by atoms with E-state index in [0.29, 0.717) is 11.6 Å². The number of carbonyl (C=O) groups excluding carboxylic acids is 1. The predicted molar refractivity (Wildman–Crippen MR) is 75.9 cm³/mol. The molecule has 1 amide bonds. The summed E-state index contributed by atoms with van der Waals surface area (Å²) in [6.45, 7) is 4.68. The predicted octanol–water partition coefficient (Wildman–Crippen LogP) is 2.07. The van der Waals surface area contributed by atoms with Gasteiger partial charge in [0.25, 0.3) is 0 Å². The minimum absolute atomic E-state index is 0.0136. The molecule has 0 radical (unpaired) electrons. The Morgan fingerprint density at radius 1 is 1.47 bits per heavy atom. The molecule has 2 rings (SSSR count). The Bertz CT molecular complexity index is 446. The average Bonchev–Trinajstić information content (AvgIpc) is 2.39. The van der Waals surface area contributed by atoms with Crippen molar-refractivity contribution in [3.63, 3.8) is 0 Å². The number of piperidine rings is 1. The lowest BCUT2D eigenvalue weighted by Crippen LogP contribution is -2.48. The number of hydrogen-bond donors (Lipinski definition) is 3. The van der Waals surface area contributed by atoms with Crippen LogP contribution in [0, 0.1) is 5.92 Å². The Morgan fingerprint density at radius 3 is 2.89 bits per heavy atom. The van der Waals surface area contributed by atoms with Crippen molar-refractivity contribution in [2.45, 2.75) is 38.8 Å². The maximum absolute atomic E-state index is 12.3. The van der Waals surface area contributed by atoms with Crippen molar-refractivity contribution in [3.05, 3.63) is 29.8 Å². The van der Waals surface area contributed by atoms with Crippen molar-refractivity contribution in [1.82, 2.24) is 5.32 Å². The van der Waals surface area contributed by atoms with Gasteiger partial charge in [0.15, 0.2) is 0 Å². The lowest BCUT2D eigenvalue weighted by atomic mass is 9.92. The number of para-hydroxylation sites is 1. The fraction of sp³-hybridized carbons (Fsp3) is 0.533. The number of nitrogens with one attached hydrogen (secondary N) is 2. The molecule has 3 unspecified atom stereocenters. The summed E-state index contributed by atoms with van der Waals surface area (Å²) in [4.78, 5) is 12.3. The summed E-state index contributed by atoms with van der Waals surface area (Å²) in [5.74, 6) is 0.327. The molecule has 1 fully saturated rings. The van der Waals surface area contributed by atoms with Crippen LogP contribution in [0.25, 0.3) is 0 Å². The van der Waals surface area contributed by atoms with Gasteiger partial charge in [-0.25, -0.2) is 0 Å². The fourth-order valence-electron chi connectivity index (χ4n) is 2.59. The number of rotatable bonds is 3. The largest absolute Gasteiger partial charge is 0.389 e. The molecule has 1 aliphatic rings. The van der Waals surface area contributed by atoms with Gasteiger partial charge in [0.05, 0.1) is 12.1 Å². The quantitative estimate of drug-likeness (QED) is 0.781. The average molecular weight is 262 g/mol. The Hall–Kier alpha value is -1.39. The SMILES string of the molecule is CC(O)c1ccccc1NC(=O)C1NCCCC1C. The van der Waals surface area contributed by atoms with E-state index in [1.807, 2.05) is 24.3 Å². The minimum Gasteiger partial charge on any atom is -0.389 e. The van der Waals surface area contributed by atoms with Gasteiger partial charge in [-0.2, -0.15) is 0 Å². The molecule has 1 heterocycles. The van der Waals surface area contributed by atoms with Gasteiger partial charge >= 0.3 is 0 Å². The summed E-state index contributed by atoms with van der Waals surface area (Å²) in [7, 11) is 0. The van der Waals surface area contributed by atoms with Gasteiger partial charge in [-0.1, -0.05) is 25.1 Å². The Morgan fingerprint density at radius 2 is 2.21 bits per heavy atom. The number of benzene rings is 1. The second kappa shape index (κ2) is 6.17. The summed E-state index contributed by atoms with van der Waals surface area (Å²) >= 11 is 0. The third-order valence-corrected chi connectivity index (χ3v) is 3.72. The molecule has 104 valence electrons. The van der Waals surface area contributed by atoms with E-state index in [1.165, 1.54) is 0 Å². The molecule has 4 nitrogen and oxygen atoms in total. The maximum Gasteiger partial charge on any atom is 0.241 e. The normalized spacial score (nSPS) is 24.8. The van der Waals surface area contributed by atoms with Crippen LogP contribution >= 0.6 is 0 Å². The van der Waals surface area contributed by atoms with E-state index in [9.17, 15) is 9.90 Å². The van der Waals surface area contributed by atoms with Crippen molar-refractivity contribution < 1.29 is 9.90 Å². The van der Waals surface area contributed by atoms with Crippen LogP contribution in [0.2, 0.25) is 0 Å². The van der Waals surface area contributed by atoms with Crippen molar-refractivity contribution in [2.75, 3.05) is 11.9 Å². The van der Waals surface area contributed by atoms with Crippen LogP contribution < -0.4 is 10.6 Å². The van der Waals surface area contributed by atoms with E-state index in [-0.39, 0.29) is 11.9 Å². The molecule has 1 aromatic rings. The summed E-state index contributed by atoms with van der Waals surface area (Å²) < 4.78 is 0. The van der Waals surface area contributed by atoms with Crippen molar-refractivity contribution in [1.29, 1.82) is 0 Å². The van der Waals surface area contributed by atoms with Gasteiger partial charge in [-0.15, -0.1) is 0 Å². The molecule has 3 N–H and O–H groups in total. The molecule has 0 aliphatic carbocycles. The maximum atomic E-state index is 12.3. The number of aliphatic hydroxyl groups excluding tert-OH is 1. The third kappa shape index (κ3) is 3.33. The van der Waals surface area contributed by atoms with Crippen molar-refractivity contribution in [3.8, 4) is 0 Å². The van der Waals surface area contributed by atoms with Crippen molar-refractivity contribution in [2.24, 2.45) is 5.92 Å². The molecule has 1 saturated heterocycles. The van der Waals surface area contributed by atoms with Crippen LogP contribution in [0.3, 0.4) is 0 Å². The van der Waals surface area contributed by atoms with Crippen molar-refractivity contribution >= 4 is 11.6 Å². The van der Waals surface area contributed by atoms with Gasteiger partial charge < -0.3 is 15.7 Å². The first-order valence-corrected chi connectivity index (χ1v) is 6.91. The monoisotopic (exact) mass is 262 g/mol. The van der Waals surface area contributed by atoms with Crippen LogP contribution in [0.15, 0.2) is 24.3 Å². The summed E-state index contributed by atoms with van der Waals surface area (Å²) in [5.41, 5.74) is 1.45. The smallest absolute Gasteiger partial charge is 0.241 e. The number of hydrogen-bond acceptors (Lipinski definition) is 3. The summed E-state index contributed by atoms with van der Waals surface area (Å²) in [6, 6.07) is 7.24. The Labute approximate surface area is 114 Å². The van der Waals surface area contributed by atoms with E-state index in [1.54, 1.807) is 6.92 Å². The van der Waals surface area contributed by atoms with Gasteiger partial charge in [0, 0.05) is 11.3 Å². The summed E-state index contributed by atoms with van der Waals surface area (Å²) in [5, 5.41) is 15.9. The van der Waals surface area contributed by atoms with Gasteiger partial charge in [0.1, 0.15) is 0 Å². The standard InChI is InChI=1S/C15H22N2O2/c1-10-6-5-9-16-14(10)15(19)17-13-8-4-3-7-12(13)11(2)18/h3-4,7-8,10-11,14,16,18H,5-6,9H2,1-2H3,(H,17,19). The molecule has 1 aliphatic heterocycles. The van der Waals surface area contributed by atoms with Crippen LogP contribution in [0.1, 0.15) is 38.4 Å².